The number of thiophene rings is 1. The van der Waals surface area contributed by atoms with Crippen LogP contribution in [0.15, 0.2) is 224 Å². The number of hydrogen-bond acceptors (Lipinski definition) is 2. The van der Waals surface area contributed by atoms with Gasteiger partial charge in [-0.05, 0) is 90.8 Å². The van der Waals surface area contributed by atoms with Crippen LogP contribution in [0.3, 0.4) is 0 Å². The molecule has 2 heteroatoms. The predicted molar refractivity (Wildman–Crippen MR) is 251 cm³/mol. The highest BCUT2D eigenvalue weighted by Gasteiger charge is 2.23. The average molecular weight is 756 g/mol. The van der Waals surface area contributed by atoms with Crippen LogP contribution in [0.1, 0.15) is 0 Å². The second-order valence-corrected chi connectivity index (χ2v) is 15.9. The fourth-order valence-corrected chi connectivity index (χ4v) is 10.1. The molecule has 0 spiro atoms. The lowest BCUT2D eigenvalue weighted by Crippen LogP contribution is -2.11. The van der Waals surface area contributed by atoms with E-state index in [1.165, 1.54) is 86.2 Å². The molecule has 0 bridgehead atoms. The van der Waals surface area contributed by atoms with Crippen LogP contribution in [-0.2, 0) is 0 Å². The molecule has 0 saturated heterocycles. The molecule has 1 heterocycles. The van der Waals surface area contributed by atoms with Crippen molar-refractivity contribution in [1.82, 2.24) is 0 Å². The van der Waals surface area contributed by atoms with Gasteiger partial charge in [-0.25, -0.2) is 0 Å². The van der Waals surface area contributed by atoms with Gasteiger partial charge in [0, 0.05) is 26.7 Å². The average Bonchev–Trinajstić information content (AvgIpc) is 3.70. The van der Waals surface area contributed by atoms with E-state index < -0.39 is 0 Å². The Bertz CT molecular complexity index is 3280. The summed E-state index contributed by atoms with van der Waals surface area (Å²) in [6.45, 7) is 0. The summed E-state index contributed by atoms with van der Waals surface area (Å²) in [6.07, 6.45) is 0. The molecule has 0 amide bonds. The molecule has 0 unspecified atom stereocenters. The Labute approximate surface area is 342 Å². The van der Waals surface area contributed by atoms with E-state index in [2.05, 4.69) is 229 Å². The molecule has 0 atom stereocenters. The monoisotopic (exact) mass is 755 g/mol. The standard InChI is InChI=1S/C56H37NS/c1-3-17-38(18-4-1)44-26-9-10-28-48(44)49-29-11-12-33-51(49)57(52-34-16-32-50-55-46-27-8-7-21-40(46)35-36-53(55)58-56(50)52)43-25-13-24-42(37-43)47-31-15-23-41-22-14-30-45(54(41)47)39-19-5-2-6-20-39/h1-37H. The van der Waals surface area contributed by atoms with E-state index in [1.807, 2.05) is 11.3 Å². The van der Waals surface area contributed by atoms with Crippen molar-refractivity contribution >= 4 is 70.1 Å². The third kappa shape index (κ3) is 5.77. The maximum atomic E-state index is 2.50. The summed E-state index contributed by atoms with van der Waals surface area (Å²) in [6, 6.07) is 81.9. The number of benzene rings is 10. The van der Waals surface area contributed by atoms with Gasteiger partial charge < -0.3 is 4.90 Å². The zero-order valence-electron chi connectivity index (χ0n) is 31.7. The van der Waals surface area contributed by atoms with Crippen LogP contribution in [0.4, 0.5) is 17.1 Å². The fraction of sp³-hybridized carbons (Fsp3) is 0. The molecule has 0 saturated carbocycles. The number of rotatable bonds is 7. The number of anilines is 3. The Kier molecular flexibility index (Phi) is 8.42. The maximum absolute atomic E-state index is 2.50. The first kappa shape index (κ1) is 34.0. The summed E-state index contributed by atoms with van der Waals surface area (Å²) in [5, 5.41) is 7.64. The molecule has 0 N–H and O–H groups in total. The van der Waals surface area contributed by atoms with Crippen LogP contribution in [0.25, 0.3) is 86.2 Å². The summed E-state index contributed by atoms with van der Waals surface area (Å²) < 4.78 is 2.56. The molecule has 0 aliphatic rings. The molecule has 11 aromatic rings. The van der Waals surface area contributed by atoms with Crippen LogP contribution in [0, 0.1) is 0 Å². The summed E-state index contributed by atoms with van der Waals surface area (Å²) >= 11 is 1.88. The van der Waals surface area contributed by atoms with E-state index in [0.29, 0.717) is 0 Å². The van der Waals surface area contributed by atoms with Gasteiger partial charge in [-0.2, -0.15) is 0 Å². The highest BCUT2D eigenvalue weighted by Crippen LogP contribution is 2.50. The maximum Gasteiger partial charge on any atom is 0.0640 e. The van der Waals surface area contributed by atoms with Crippen molar-refractivity contribution < 1.29 is 0 Å². The molecule has 1 aromatic heterocycles. The lowest BCUT2D eigenvalue weighted by molar-refractivity contribution is 1.30. The van der Waals surface area contributed by atoms with E-state index in [-0.39, 0.29) is 0 Å². The highest BCUT2D eigenvalue weighted by molar-refractivity contribution is 7.26. The second kappa shape index (κ2) is 14.4. The van der Waals surface area contributed by atoms with Crippen LogP contribution in [0.5, 0.6) is 0 Å². The second-order valence-electron chi connectivity index (χ2n) is 14.8. The van der Waals surface area contributed by atoms with Gasteiger partial charge in [-0.1, -0.05) is 194 Å². The molecular formula is C56H37NS. The van der Waals surface area contributed by atoms with E-state index >= 15 is 0 Å². The van der Waals surface area contributed by atoms with Gasteiger partial charge in [-0.15, -0.1) is 11.3 Å². The minimum Gasteiger partial charge on any atom is -0.308 e. The molecule has 0 fully saturated rings. The number of nitrogens with zero attached hydrogens (tertiary/aromatic N) is 1. The number of hydrogen-bond donors (Lipinski definition) is 0. The van der Waals surface area contributed by atoms with Crippen molar-refractivity contribution in [2.75, 3.05) is 4.90 Å². The molecule has 11 rings (SSSR count). The normalized spacial score (nSPS) is 11.4. The largest absolute Gasteiger partial charge is 0.308 e. The van der Waals surface area contributed by atoms with E-state index in [1.54, 1.807) is 0 Å². The topological polar surface area (TPSA) is 3.24 Å². The van der Waals surface area contributed by atoms with Gasteiger partial charge in [0.15, 0.2) is 0 Å². The summed E-state index contributed by atoms with van der Waals surface area (Å²) in [7, 11) is 0. The highest BCUT2D eigenvalue weighted by atomic mass is 32.1. The molecule has 58 heavy (non-hydrogen) atoms. The van der Waals surface area contributed by atoms with Crippen LogP contribution >= 0.6 is 11.3 Å². The first-order chi connectivity index (χ1) is 28.8. The number of fused-ring (bicyclic) bond motifs is 6. The number of para-hydroxylation sites is 1. The summed E-state index contributed by atoms with van der Waals surface area (Å²) in [5.41, 5.74) is 13.0. The van der Waals surface area contributed by atoms with E-state index in [0.717, 1.165) is 17.1 Å². The molecule has 272 valence electrons. The summed E-state index contributed by atoms with van der Waals surface area (Å²) in [5.74, 6) is 0. The van der Waals surface area contributed by atoms with Gasteiger partial charge in [0.1, 0.15) is 0 Å². The van der Waals surface area contributed by atoms with Crippen molar-refractivity contribution in [3.8, 4) is 44.5 Å². The Morgan fingerprint density at radius 2 is 0.845 bits per heavy atom. The van der Waals surface area contributed by atoms with Gasteiger partial charge >= 0.3 is 0 Å². The first-order valence-electron chi connectivity index (χ1n) is 19.8. The quantitative estimate of drug-likeness (QED) is 0.157. The zero-order valence-corrected chi connectivity index (χ0v) is 32.5. The van der Waals surface area contributed by atoms with E-state index in [9.17, 15) is 0 Å². The van der Waals surface area contributed by atoms with Gasteiger partial charge in [0.2, 0.25) is 0 Å². The molecular weight excluding hydrogens is 719 g/mol. The Morgan fingerprint density at radius 3 is 1.64 bits per heavy atom. The van der Waals surface area contributed by atoms with Crippen molar-refractivity contribution in [2.24, 2.45) is 0 Å². The molecule has 1 nitrogen and oxygen atoms in total. The van der Waals surface area contributed by atoms with E-state index in [4.69, 9.17) is 0 Å². The molecule has 10 aromatic carbocycles. The van der Waals surface area contributed by atoms with Gasteiger partial charge in [0.05, 0.1) is 16.1 Å². The predicted octanol–water partition coefficient (Wildman–Crippen LogP) is 16.5. The SMILES string of the molecule is c1ccc(-c2ccccc2-c2ccccc2N(c2cccc(-c3cccc4cccc(-c5ccccc5)c34)c2)c2cccc3c2sc2ccc4ccccc4c23)cc1. The Morgan fingerprint density at radius 1 is 0.310 bits per heavy atom. The van der Waals surface area contributed by atoms with Crippen molar-refractivity contribution in [1.29, 1.82) is 0 Å². The van der Waals surface area contributed by atoms with Gasteiger partial charge in [-0.3, -0.25) is 0 Å². The smallest absolute Gasteiger partial charge is 0.0640 e. The van der Waals surface area contributed by atoms with Crippen molar-refractivity contribution in [3.63, 3.8) is 0 Å². The minimum absolute atomic E-state index is 1.10. The Hall–Kier alpha value is -7.26. The molecule has 0 radical (unpaired) electrons. The molecule has 0 aliphatic carbocycles. The zero-order chi connectivity index (χ0) is 38.4. The van der Waals surface area contributed by atoms with Gasteiger partial charge in [0.25, 0.3) is 0 Å². The van der Waals surface area contributed by atoms with Crippen LogP contribution in [-0.4, -0.2) is 0 Å². The summed E-state index contributed by atoms with van der Waals surface area (Å²) in [4.78, 5) is 2.50. The first-order valence-corrected chi connectivity index (χ1v) is 20.7. The minimum atomic E-state index is 1.10. The van der Waals surface area contributed by atoms with Crippen molar-refractivity contribution in [2.45, 2.75) is 0 Å². The molecule has 0 aliphatic heterocycles. The lowest BCUT2D eigenvalue weighted by Gasteiger charge is -2.29. The Balaban J connectivity index is 1.18. The lowest BCUT2D eigenvalue weighted by atomic mass is 9.91. The van der Waals surface area contributed by atoms with Crippen LogP contribution in [0.2, 0.25) is 0 Å². The third-order valence-corrected chi connectivity index (χ3v) is 12.7. The fourth-order valence-electron chi connectivity index (χ4n) is 8.87. The van der Waals surface area contributed by atoms with Crippen molar-refractivity contribution in [3.05, 3.63) is 224 Å². The van der Waals surface area contributed by atoms with Crippen LogP contribution < -0.4 is 4.90 Å². The third-order valence-electron chi connectivity index (χ3n) is 11.5.